The number of halogens is 2. The lowest BCUT2D eigenvalue weighted by molar-refractivity contribution is -0.134. The first-order valence-electron chi connectivity index (χ1n) is 15.2. The van der Waals surface area contributed by atoms with E-state index < -0.39 is 29.6 Å². The van der Waals surface area contributed by atoms with E-state index in [0.717, 1.165) is 37.2 Å². The van der Waals surface area contributed by atoms with Crippen LogP contribution in [0.25, 0.3) is 0 Å². The van der Waals surface area contributed by atoms with Gasteiger partial charge in [0.1, 0.15) is 17.4 Å². The standard InChI is InChI=1S/C35H35ClFN5O5/c1-3-17-38-29(21-39-28-8-5-7-27(36)31(28)37)34(44)42-20-16-25-26(6-4-9-30(25)41-18-14-24(47-2)15-19-41)32(42)33(43)40-23-12-10-22(11-13-23)35(45)46/h3-13,17,21,24,32H,14-16,18-20H2,1-2H3,(H,40,43)(H,45,46)/b17-3-,38-29?,39-21?. The van der Waals surface area contributed by atoms with Gasteiger partial charge in [-0.1, -0.05) is 35.9 Å². The quantitative estimate of drug-likeness (QED) is 0.262. The van der Waals surface area contributed by atoms with E-state index in [-0.39, 0.29) is 34.6 Å². The second-order valence-electron chi connectivity index (χ2n) is 11.1. The number of piperidine rings is 1. The van der Waals surface area contributed by atoms with Crippen LogP contribution in [-0.2, 0) is 20.7 Å². The zero-order chi connectivity index (χ0) is 33.5. The highest BCUT2D eigenvalue weighted by atomic mass is 35.5. The number of carbonyl (C=O) groups excluding carboxylic acids is 2. The van der Waals surface area contributed by atoms with E-state index in [2.05, 4.69) is 20.2 Å². The first-order chi connectivity index (χ1) is 22.7. The molecule has 1 saturated heterocycles. The number of aromatic carboxylic acids is 1. The maximum atomic E-state index is 14.6. The highest BCUT2D eigenvalue weighted by Crippen LogP contribution is 2.38. The van der Waals surface area contributed by atoms with Crippen molar-refractivity contribution >= 4 is 58.4 Å². The molecule has 3 aromatic carbocycles. The number of anilines is 2. The smallest absolute Gasteiger partial charge is 0.335 e. The van der Waals surface area contributed by atoms with E-state index >= 15 is 0 Å². The van der Waals surface area contributed by atoms with E-state index in [1.165, 1.54) is 53.7 Å². The molecular formula is C35H35ClFN5O5. The third-order valence-electron chi connectivity index (χ3n) is 8.26. The Balaban J connectivity index is 1.52. The summed E-state index contributed by atoms with van der Waals surface area (Å²) in [5.41, 5.74) is 2.92. The van der Waals surface area contributed by atoms with Gasteiger partial charge in [-0.2, -0.15) is 0 Å². The van der Waals surface area contributed by atoms with Gasteiger partial charge in [0.15, 0.2) is 5.82 Å². The number of amides is 2. The average Bonchev–Trinajstić information content (AvgIpc) is 3.09. The van der Waals surface area contributed by atoms with Crippen LogP contribution >= 0.6 is 11.6 Å². The summed E-state index contributed by atoms with van der Waals surface area (Å²) in [5, 5.41) is 12.0. The Bertz CT molecular complexity index is 1730. The third kappa shape index (κ3) is 7.58. The van der Waals surface area contributed by atoms with Gasteiger partial charge in [0, 0.05) is 44.3 Å². The molecule has 12 heteroatoms. The Kier molecular flexibility index (Phi) is 10.8. The molecule has 2 aliphatic rings. The van der Waals surface area contributed by atoms with Crippen LogP contribution in [0, 0.1) is 5.82 Å². The highest BCUT2D eigenvalue weighted by molar-refractivity contribution is 6.61. The summed E-state index contributed by atoms with van der Waals surface area (Å²) in [7, 11) is 1.72. The molecule has 10 nitrogen and oxygen atoms in total. The predicted molar refractivity (Wildman–Crippen MR) is 181 cm³/mol. The Morgan fingerprint density at radius 1 is 1.04 bits per heavy atom. The van der Waals surface area contributed by atoms with Crippen molar-refractivity contribution in [3.8, 4) is 0 Å². The van der Waals surface area contributed by atoms with Crippen molar-refractivity contribution in [2.24, 2.45) is 9.98 Å². The van der Waals surface area contributed by atoms with Crippen molar-refractivity contribution in [3.63, 3.8) is 0 Å². The van der Waals surface area contributed by atoms with E-state index in [9.17, 15) is 23.9 Å². The first kappa shape index (κ1) is 33.5. The number of benzene rings is 3. The van der Waals surface area contributed by atoms with Crippen LogP contribution in [0.15, 0.2) is 82.9 Å². The van der Waals surface area contributed by atoms with Crippen molar-refractivity contribution in [3.05, 3.63) is 100 Å². The van der Waals surface area contributed by atoms with Gasteiger partial charge in [-0.3, -0.25) is 14.6 Å². The summed E-state index contributed by atoms with van der Waals surface area (Å²) < 4.78 is 20.2. The third-order valence-corrected chi connectivity index (χ3v) is 8.55. The van der Waals surface area contributed by atoms with E-state index in [1.54, 1.807) is 26.2 Å². The molecule has 1 fully saturated rings. The number of ether oxygens (including phenoxy) is 1. The minimum absolute atomic E-state index is 0.0662. The van der Waals surface area contributed by atoms with Crippen molar-refractivity contribution in [1.29, 1.82) is 0 Å². The number of aliphatic imine (C=N–C) groups is 2. The normalized spacial score (nSPS) is 17.3. The molecule has 0 aromatic heterocycles. The topological polar surface area (TPSA) is 124 Å². The van der Waals surface area contributed by atoms with Crippen molar-refractivity contribution in [2.45, 2.75) is 38.3 Å². The molecule has 3 aromatic rings. The number of carbonyl (C=O) groups is 3. The Morgan fingerprint density at radius 3 is 2.45 bits per heavy atom. The Morgan fingerprint density at radius 2 is 1.77 bits per heavy atom. The molecule has 244 valence electrons. The number of methoxy groups -OCH3 is 1. The van der Waals surface area contributed by atoms with Crippen molar-refractivity contribution in [2.75, 3.05) is 37.0 Å². The zero-order valence-corrected chi connectivity index (χ0v) is 26.8. The molecule has 47 heavy (non-hydrogen) atoms. The maximum Gasteiger partial charge on any atom is 0.335 e. The molecular weight excluding hydrogens is 625 g/mol. The number of fused-ring (bicyclic) bond motifs is 1. The number of hydrogen-bond donors (Lipinski definition) is 2. The summed E-state index contributed by atoms with van der Waals surface area (Å²) in [6, 6.07) is 14.8. The monoisotopic (exact) mass is 659 g/mol. The van der Waals surface area contributed by atoms with Gasteiger partial charge in [-0.15, -0.1) is 0 Å². The maximum absolute atomic E-state index is 14.6. The van der Waals surface area contributed by atoms with Gasteiger partial charge in [-0.05, 0) is 79.8 Å². The van der Waals surface area contributed by atoms with E-state index in [0.29, 0.717) is 17.7 Å². The summed E-state index contributed by atoms with van der Waals surface area (Å²) in [5.74, 6) is -2.88. The molecule has 2 amide bonds. The zero-order valence-electron chi connectivity index (χ0n) is 26.0. The summed E-state index contributed by atoms with van der Waals surface area (Å²) in [4.78, 5) is 51.9. The second-order valence-corrected chi connectivity index (χ2v) is 11.5. The lowest BCUT2D eigenvalue weighted by Gasteiger charge is -2.40. The number of rotatable bonds is 9. The summed E-state index contributed by atoms with van der Waals surface area (Å²) in [6.07, 6.45) is 6.65. The fourth-order valence-corrected chi connectivity index (χ4v) is 6.02. The Hall–Kier alpha value is -4.87. The van der Waals surface area contributed by atoms with Crippen LogP contribution in [0.3, 0.4) is 0 Å². The van der Waals surface area contributed by atoms with E-state index in [1.807, 2.05) is 18.2 Å². The molecule has 0 aliphatic carbocycles. The summed E-state index contributed by atoms with van der Waals surface area (Å²) in [6.45, 7) is 3.52. The molecule has 0 radical (unpaired) electrons. The fraction of sp³-hybridized carbons (Fsp3) is 0.286. The highest BCUT2D eigenvalue weighted by Gasteiger charge is 2.39. The minimum Gasteiger partial charge on any atom is -0.478 e. The summed E-state index contributed by atoms with van der Waals surface area (Å²) >= 11 is 5.92. The molecule has 2 heterocycles. The number of carboxylic acids is 1. The molecule has 0 spiro atoms. The van der Waals surface area contributed by atoms with Gasteiger partial charge in [0.05, 0.1) is 22.9 Å². The predicted octanol–water partition coefficient (Wildman–Crippen LogP) is 6.23. The number of hydrogen-bond acceptors (Lipinski definition) is 7. The largest absolute Gasteiger partial charge is 0.478 e. The van der Waals surface area contributed by atoms with Gasteiger partial charge in [-0.25, -0.2) is 14.2 Å². The van der Waals surface area contributed by atoms with Gasteiger partial charge in [0.2, 0.25) is 0 Å². The molecule has 1 unspecified atom stereocenters. The average molecular weight is 660 g/mol. The van der Waals surface area contributed by atoms with Crippen LogP contribution in [0.1, 0.15) is 47.3 Å². The second kappa shape index (κ2) is 15.1. The van der Waals surface area contributed by atoms with Crippen molar-refractivity contribution < 1.29 is 28.6 Å². The lowest BCUT2D eigenvalue weighted by atomic mass is 9.89. The van der Waals surface area contributed by atoms with Crippen molar-refractivity contribution in [1.82, 2.24) is 4.90 Å². The van der Waals surface area contributed by atoms with Gasteiger partial charge < -0.3 is 25.0 Å². The molecule has 0 bridgehead atoms. The number of nitrogens with zero attached hydrogens (tertiary/aromatic N) is 4. The van der Waals surface area contributed by atoms with Gasteiger partial charge in [0.25, 0.3) is 11.8 Å². The van der Waals surface area contributed by atoms with Crippen LogP contribution in [0.2, 0.25) is 5.02 Å². The SMILES string of the molecule is C/C=C\N=C(C=Nc1cccc(Cl)c1F)C(=O)N1CCc2c(cccc2N2CCC(OC)CC2)C1C(=O)Nc1ccc(C(=O)O)cc1. The first-order valence-corrected chi connectivity index (χ1v) is 15.6. The number of nitrogens with one attached hydrogen (secondary N) is 1. The Labute approximate surface area is 277 Å². The molecule has 0 saturated carbocycles. The van der Waals surface area contributed by atoms with Crippen LogP contribution < -0.4 is 10.2 Å². The number of carboxylic acid groups (broad SMARTS) is 1. The van der Waals surface area contributed by atoms with Crippen LogP contribution in [0.4, 0.5) is 21.5 Å². The molecule has 1 atom stereocenters. The molecule has 2 N–H and O–H groups in total. The van der Waals surface area contributed by atoms with E-state index in [4.69, 9.17) is 16.3 Å². The van der Waals surface area contributed by atoms with Crippen LogP contribution in [-0.4, -0.2) is 72.6 Å². The van der Waals surface area contributed by atoms with Crippen LogP contribution in [0.5, 0.6) is 0 Å². The van der Waals surface area contributed by atoms with Gasteiger partial charge >= 0.3 is 5.97 Å². The lowest BCUT2D eigenvalue weighted by Crippen LogP contribution is -2.48. The number of allylic oxidation sites excluding steroid dienone is 1. The minimum atomic E-state index is -1.09. The molecule has 5 rings (SSSR count). The fourth-order valence-electron chi connectivity index (χ4n) is 5.86. The molecule has 2 aliphatic heterocycles.